The van der Waals surface area contributed by atoms with Crippen LogP contribution in [0.1, 0.15) is 61.2 Å². The van der Waals surface area contributed by atoms with Gasteiger partial charge in [-0.3, -0.25) is 14.4 Å². The summed E-state index contributed by atoms with van der Waals surface area (Å²) in [6, 6.07) is 9.46. The van der Waals surface area contributed by atoms with Crippen LogP contribution in [0.25, 0.3) is 0 Å². The molecule has 9 heteroatoms. The van der Waals surface area contributed by atoms with E-state index in [2.05, 4.69) is 10.6 Å². The Bertz CT molecular complexity index is 956. The van der Waals surface area contributed by atoms with Gasteiger partial charge in [0.2, 0.25) is 11.8 Å². The molecular formula is C26H35N3O6. The molecule has 2 aromatic rings. The van der Waals surface area contributed by atoms with Crippen LogP contribution in [0, 0.1) is 0 Å². The van der Waals surface area contributed by atoms with Crippen LogP contribution in [0.15, 0.2) is 47.1 Å². The Kier molecular flexibility index (Phi) is 10.2. The van der Waals surface area contributed by atoms with Crippen LogP contribution in [0.3, 0.4) is 0 Å². The van der Waals surface area contributed by atoms with Crippen molar-refractivity contribution in [1.29, 1.82) is 0 Å². The Morgan fingerprint density at radius 2 is 1.89 bits per heavy atom. The summed E-state index contributed by atoms with van der Waals surface area (Å²) in [5.74, 6) is -0.556. The Balaban J connectivity index is 1.88. The number of hydrogen-bond acceptors (Lipinski definition) is 6. The second-order valence-corrected chi connectivity index (χ2v) is 8.46. The van der Waals surface area contributed by atoms with E-state index in [1.165, 1.54) is 24.3 Å². The number of carbonyl (C=O) groups excluding carboxylic acids is 3. The van der Waals surface area contributed by atoms with E-state index in [1.807, 2.05) is 19.1 Å². The summed E-state index contributed by atoms with van der Waals surface area (Å²) in [5, 5.41) is 5.73. The lowest BCUT2D eigenvalue weighted by atomic mass is 9.94. The number of hydrogen-bond donors (Lipinski definition) is 2. The molecule has 0 unspecified atom stereocenters. The van der Waals surface area contributed by atoms with Gasteiger partial charge >= 0.3 is 0 Å². The molecule has 0 spiro atoms. The first-order valence-corrected chi connectivity index (χ1v) is 12.2. The molecule has 1 atom stereocenters. The zero-order chi connectivity index (χ0) is 25.0. The summed E-state index contributed by atoms with van der Waals surface area (Å²) in [6.07, 6.45) is 6.51. The predicted molar refractivity (Wildman–Crippen MR) is 130 cm³/mol. The van der Waals surface area contributed by atoms with E-state index in [0.717, 1.165) is 32.1 Å². The first-order chi connectivity index (χ1) is 17.0. The molecule has 190 valence electrons. The summed E-state index contributed by atoms with van der Waals surface area (Å²) in [7, 11) is 1.53. The van der Waals surface area contributed by atoms with Crippen LogP contribution in [0.5, 0.6) is 5.75 Å². The van der Waals surface area contributed by atoms with E-state index in [1.54, 1.807) is 18.2 Å². The summed E-state index contributed by atoms with van der Waals surface area (Å²) in [4.78, 5) is 40.9. The minimum atomic E-state index is -0.942. The fraction of sp³-hybridized carbons (Fsp3) is 0.500. The number of ether oxygens (including phenoxy) is 2. The highest BCUT2D eigenvalue weighted by Crippen LogP contribution is 2.31. The Hall–Kier alpha value is -3.33. The zero-order valence-corrected chi connectivity index (χ0v) is 20.5. The normalized spacial score (nSPS) is 14.7. The smallest absolute Gasteiger partial charge is 0.287 e. The van der Waals surface area contributed by atoms with Gasteiger partial charge in [0.15, 0.2) is 5.76 Å². The van der Waals surface area contributed by atoms with Crippen LogP contribution in [-0.4, -0.2) is 62.1 Å². The highest BCUT2D eigenvalue weighted by molar-refractivity contribution is 5.95. The molecule has 0 radical (unpaired) electrons. The van der Waals surface area contributed by atoms with Crippen molar-refractivity contribution in [2.75, 3.05) is 33.4 Å². The largest absolute Gasteiger partial charge is 0.494 e. The van der Waals surface area contributed by atoms with Gasteiger partial charge in [0.25, 0.3) is 5.91 Å². The lowest BCUT2D eigenvalue weighted by Gasteiger charge is -2.34. The maximum Gasteiger partial charge on any atom is 0.287 e. The third-order valence-corrected chi connectivity index (χ3v) is 6.03. The maximum atomic E-state index is 13.7. The van der Waals surface area contributed by atoms with Crippen LogP contribution in [0.2, 0.25) is 0 Å². The van der Waals surface area contributed by atoms with Crippen molar-refractivity contribution in [3.8, 4) is 5.75 Å². The van der Waals surface area contributed by atoms with Crippen LogP contribution < -0.4 is 15.4 Å². The van der Waals surface area contributed by atoms with Gasteiger partial charge in [-0.15, -0.1) is 0 Å². The molecule has 1 fully saturated rings. The third-order valence-electron chi connectivity index (χ3n) is 6.03. The molecule has 2 N–H and O–H groups in total. The first-order valence-electron chi connectivity index (χ1n) is 12.2. The zero-order valence-electron chi connectivity index (χ0n) is 20.5. The molecule has 1 aliphatic carbocycles. The van der Waals surface area contributed by atoms with Crippen molar-refractivity contribution in [3.05, 3.63) is 54.0 Å². The van der Waals surface area contributed by atoms with Gasteiger partial charge in [-0.25, -0.2) is 0 Å². The van der Waals surface area contributed by atoms with E-state index in [0.29, 0.717) is 17.9 Å². The number of furan rings is 1. The van der Waals surface area contributed by atoms with E-state index in [9.17, 15) is 14.4 Å². The predicted octanol–water partition coefficient (Wildman–Crippen LogP) is 3.07. The first kappa shape index (κ1) is 26.3. The number of amides is 3. The minimum absolute atomic E-state index is 0.0658. The van der Waals surface area contributed by atoms with Gasteiger partial charge in [0.05, 0.1) is 26.0 Å². The highest BCUT2D eigenvalue weighted by Gasteiger charge is 2.34. The van der Waals surface area contributed by atoms with Crippen molar-refractivity contribution in [1.82, 2.24) is 15.5 Å². The lowest BCUT2D eigenvalue weighted by Crippen LogP contribution is -2.50. The molecule has 0 bridgehead atoms. The molecule has 1 aromatic heterocycles. The Morgan fingerprint density at radius 3 is 2.57 bits per heavy atom. The fourth-order valence-corrected chi connectivity index (χ4v) is 4.31. The maximum absolute atomic E-state index is 13.7. The van der Waals surface area contributed by atoms with E-state index >= 15 is 0 Å². The van der Waals surface area contributed by atoms with Gasteiger partial charge in [0.1, 0.15) is 11.8 Å². The number of methoxy groups -OCH3 is 1. The number of nitrogens with one attached hydrogen (secondary N) is 2. The van der Waals surface area contributed by atoms with Crippen LogP contribution >= 0.6 is 0 Å². The van der Waals surface area contributed by atoms with Crippen molar-refractivity contribution in [2.45, 2.75) is 51.1 Å². The number of rotatable bonds is 12. The van der Waals surface area contributed by atoms with Gasteiger partial charge in [0, 0.05) is 25.3 Å². The van der Waals surface area contributed by atoms with Gasteiger partial charge in [-0.2, -0.15) is 0 Å². The molecular weight excluding hydrogens is 450 g/mol. The van der Waals surface area contributed by atoms with Gasteiger partial charge in [-0.05, 0) is 38.0 Å². The van der Waals surface area contributed by atoms with Crippen molar-refractivity contribution in [2.24, 2.45) is 0 Å². The second kappa shape index (κ2) is 13.5. The summed E-state index contributed by atoms with van der Waals surface area (Å²) >= 11 is 0. The van der Waals surface area contributed by atoms with Gasteiger partial charge < -0.3 is 29.4 Å². The topological polar surface area (TPSA) is 110 Å². The van der Waals surface area contributed by atoms with Crippen LogP contribution in [-0.2, 0) is 14.3 Å². The highest BCUT2D eigenvalue weighted by atomic mass is 16.5. The van der Waals surface area contributed by atoms with Crippen molar-refractivity contribution < 1.29 is 28.3 Å². The standard InChI is InChI=1S/C26H35N3O6/c1-3-34-21-13-8-7-12-20(21)24(26(32)28-19-10-5-4-6-11-19)29(15-17-33-2)23(30)18-27-25(31)22-14-9-16-35-22/h7-9,12-14,16,19,24H,3-6,10-11,15,17-18H2,1-2H3,(H,27,31)(H,28,32)/t24-/m0/s1. The molecule has 3 amide bonds. The number of para-hydroxylation sites is 1. The summed E-state index contributed by atoms with van der Waals surface area (Å²) in [5.41, 5.74) is 0.587. The summed E-state index contributed by atoms with van der Waals surface area (Å²) in [6.45, 7) is 2.37. The molecule has 0 aliphatic heterocycles. The summed E-state index contributed by atoms with van der Waals surface area (Å²) < 4.78 is 16.1. The number of carbonyl (C=O) groups is 3. The van der Waals surface area contributed by atoms with Crippen LogP contribution in [0.4, 0.5) is 0 Å². The molecule has 3 rings (SSSR count). The van der Waals surface area contributed by atoms with E-state index < -0.39 is 17.9 Å². The second-order valence-electron chi connectivity index (χ2n) is 8.46. The molecule has 9 nitrogen and oxygen atoms in total. The molecule has 1 aliphatic rings. The third kappa shape index (κ3) is 7.32. The quantitative estimate of drug-likeness (QED) is 0.478. The molecule has 0 saturated heterocycles. The molecule has 1 saturated carbocycles. The molecule has 35 heavy (non-hydrogen) atoms. The van der Waals surface area contributed by atoms with E-state index in [4.69, 9.17) is 13.9 Å². The Morgan fingerprint density at radius 1 is 1.11 bits per heavy atom. The fourth-order valence-electron chi connectivity index (χ4n) is 4.31. The Labute approximate surface area is 206 Å². The number of nitrogens with zero attached hydrogens (tertiary/aromatic N) is 1. The SMILES string of the molecule is CCOc1ccccc1[C@@H](C(=O)NC1CCCCC1)N(CCOC)C(=O)CNC(=O)c1ccco1. The van der Waals surface area contributed by atoms with Crippen molar-refractivity contribution >= 4 is 17.7 Å². The average Bonchev–Trinajstić information content (AvgIpc) is 3.41. The monoisotopic (exact) mass is 485 g/mol. The lowest BCUT2D eigenvalue weighted by molar-refractivity contribution is -0.141. The van der Waals surface area contributed by atoms with Crippen molar-refractivity contribution in [3.63, 3.8) is 0 Å². The molecule has 1 aromatic carbocycles. The van der Waals surface area contributed by atoms with E-state index in [-0.39, 0.29) is 37.4 Å². The molecule has 1 heterocycles. The number of benzene rings is 1. The van der Waals surface area contributed by atoms with Gasteiger partial charge in [-0.1, -0.05) is 37.5 Å². The minimum Gasteiger partial charge on any atom is -0.494 e. The average molecular weight is 486 g/mol.